The summed E-state index contributed by atoms with van der Waals surface area (Å²) < 4.78 is 1.70. The van der Waals surface area contributed by atoms with E-state index in [1.54, 1.807) is 4.52 Å². The van der Waals surface area contributed by atoms with Gasteiger partial charge in [0.25, 0.3) is 5.78 Å². The molecule has 0 unspecified atom stereocenters. The third-order valence-electron chi connectivity index (χ3n) is 2.98. The summed E-state index contributed by atoms with van der Waals surface area (Å²) in [5, 5.41) is 7.84. The van der Waals surface area contributed by atoms with Gasteiger partial charge in [-0.25, -0.2) is 9.50 Å². The van der Waals surface area contributed by atoms with Gasteiger partial charge < -0.3 is 5.32 Å². The number of fused-ring (bicyclic) bond motifs is 1. The van der Waals surface area contributed by atoms with Gasteiger partial charge >= 0.3 is 0 Å². The van der Waals surface area contributed by atoms with Crippen LogP contribution in [0.4, 0.5) is 0 Å². The zero-order chi connectivity index (χ0) is 15.4. The maximum atomic E-state index is 11.7. The summed E-state index contributed by atoms with van der Waals surface area (Å²) >= 11 is 1.33. The minimum Gasteiger partial charge on any atom is -0.355 e. The summed E-state index contributed by atoms with van der Waals surface area (Å²) in [5.74, 6) is 1.51. The number of carbonyl (C=O) groups excluding carboxylic acids is 1. The highest BCUT2D eigenvalue weighted by Crippen LogP contribution is 2.14. The SMILES string of the molecule is Cc1cc(C)n2nc(SCC(=O)NCCC(C)C)nc2n1. The van der Waals surface area contributed by atoms with Gasteiger partial charge in [0.15, 0.2) is 0 Å². The van der Waals surface area contributed by atoms with E-state index in [0.29, 0.717) is 22.6 Å². The number of carbonyl (C=O) groups is 1. The van der Waals surface area contributed by atoms with Crippen LogP contribution >= 0.6 is 11.8 Å². The standard InChI is InChI=1S/C14H21N5OS/c1-9(2)5-6-15-12(20)8-21-14-17-13-16-10(3)7-11(4)19(13)18-14/h7,9H,5-6,8H2,1-4H3,(H,15,20). The molecule has 21 heavy (non-hydrogen) atoms. The van der Waals surface area contributed by atoms with Crippen molar-refractivity contribution in [1.82, 2.24) is 24.9 Å². The molecular formula is C14H21N5OS. The van der Waals surface area contributed by atoms with Crippen molar-refractivity contribution in [2.24, 2.45) is 5.92 Å². The lowest BCUT2D eigenvalue weighted by molar-refractivity contribution is -0.118. The molecule has 1 amide bonds. The number of rotatable bonds is 6. The number of nitrogens with one attached hydrogen (secondary N) is 1. The largest absolute Gasteiger partial charge is 0.355 e. The van der Waals surface area contributed by atoms with Crippen LogP contribution in [0.3, 0.4) is 0 Å². The van der Waals surface area contributed by atoms with Gasteiger partial charge in [0.1, 0.15) is 0 Å². The van der Waals surface area contributed by atoms with Gasteiger partial charge in [0.2, 0.25) is 11.1 Å². The number of nitrogens with zero attached hydrogens (tertiary/aromatic N) is 4. The molecule has 114 valence electrons. The van der Waals surface area contributed by atoms with Crippen LogP contribution in [0, 0.1) is 19.8 Å². The fourth-order valence-electron chi connectivity index (χ4n) is 1.89. The molecule has 0 aliphatic heterocycles. The van der Waals surface area contributed by atoms with Crippen LogP contribution in [0.5, 0.6) is 0 Å². The monoisotopic (exact) mass is 307 g/mol. The first-order valence-electron chi connectivity index (χ1n) is 7.06. The van der Waals surface area contributed by atoms with E-state index in [1.165, 1.54) is 11.8 Å². The first-order chi connectivity index (χ1) is 9.95. The Morgan fingerprint density at radius 2 is 2.14 bits per heavy atom. The molecule has 0 bridgehead atoms. The minimum absolute atomic E-state index is 0.0142. The fourth-order valence-corrected chi connectivity index (χ4v) is 2.54. The number of thioether (sulfide) groups is 1. The molecule has 7 heteroatoms. The van der Waals surface area contributed by atoms with E-state index < -0.39 is 0 Å². The van der Waals surface area contributed by atoms with Crippen molar-refractivity contribution >= 4 is 23.4 Å². The Hall–Kier alpha value is -1.63. The molecule has 0 aliphatic rings. The van der Waals surface area contributed by atoms with Crippen molar-refractivity contribution in [1.29, 1.82) is 0 Å². The smallest absolute Gasteiger partial charge is 0.253 e. The Bertz CT molecular complexity index is 638. The van der Waals surface area contributed by atoms with Crippen LogP contribution in [-0.4, -0.2) is 37.8 Å². The van der Waals surface area contributed by atoms with Crippen LogP contribution < -0.4 is 5.32 Å². The quantitative estimate of drug-likeness (QED) is 0.826. The van der Waals surface area contributed by atoms with Crippen LogP contribution in [0.1, 0.15) is 31.7 Å². The van der Waals surface area contributed by atoms with Crippen LogP contribution in [0.25, 0.3) is 5.78 Å². The summed E-state index contributed by atoms with van der Waals surface area (Å²) in [4.78, 5) is 20.4. The Labute approximate surface area is 128 Å². The third kappa shape index (κ3) is 4.42. The van der Waals surface area contributed by atoms with E-state index in [4.69, 9.17) is 0 Å². The van der Waals surface area contributed by atoms with E-state index in [2.05, 4.69) is 34.2 Å². The number of hydrogen-bond donors (Lipinski definition) is 1. The van der Waals surface area contributed by atoms with Crippen molar-refractivity contribution in [2.45, 2.75) is 39.3 Å². The highest BCUT2D eigenvalue weighted by Gasteiger charge is 2.10. The van der Waals surface area contributed by atoms with Crippen LogP contribution in [0.2, 0.25) is 0 Å². The van der Waals surface area contributed by atoms with Gasteiger partial charge in [-0.15, -0.1) is 5.10 Å². The molecular weight excluding hydrogens is 286 g/mol. The molecule has 0 fully saturated rings. The summed E-state index contributed by atoms with van der Waals surface area (Å²) in [6, 6.07) is 1.95. The normalized spacial score (nSPS) is 11.3. The van der Waals surface area contributed by atoms with Crippen LogP contribution in [0.15, 0.2) is 11.2 Å². The lowest BCUT2D eigenvalue weighted by atomic mass is 10.1. The molecule has 2 aromatic heterocycles. The predicted octanol–water partition coefficient (Wildman–Crippen LogP) is 2.00. The van der Waals surface area contributed by atoms with Crippen molar-refractivity contribution < 1.29 is 4.79 Å². The van der Waals surface area contributed by atoms with Crippen molar-refractivity contribution in [2.75, 3.05) is 12.3 Å². The number of amides is 1. The molecule has 0 aromatic carbocycles. The number of aromatic nitrogens is 4. The molecule has 0 spiro atoms. The third-order valence-corrected chi connectivity index (χ3v) is 3.81. The minimum atomic E-state index is 0.0142. The average molecular weight is 307 g/mol. The van der Waals surface area contributed by atoms with E-state index in [0.717, 1.165) is 24.4 Å². The Balaban J connectivity index is 1.92. The second-order valence-corrected chi connectivity index (χ2v) is 6.41. The van der Waals surface area contributed by atoms with Crippen molar-refractivity contribution in [3.05, 3.63) is 17.5 Å². The molecule has 0 saturated heterocycles. The molecule has 0 saturated carbocycles. The topological polar surface area (TPSA) is 72.2 Å². The highest BCUT2D eigenvalue weighted by atomic mass is 32.2. The van der Waals surface area contributed by atoms with E-state index in [-0.39, 0.29) is 5.91 Å². The molecule has 1 N–H and O–H groups in total. The molecule has 2 rings (SSSR count). The first-order valence-corrected chi connectivity index (χ1v) is 8.05. The summed E-state index contributed by atoms with van der Waals surface area (Å²) in [5.41, 5.74) is 1.90. The predicted molar refractivity (Wildman–Crippen MR) is 83.4 cm³/mol. The van der Waals surface area contributed by atoms with Crippen LogP contribution in [-0.2, 0) is 4.79 Å². The fraction of sp³-hybridized carbons (Fsp3) is 0.571. The second-order valence-electron chi connectivity index (χ2n) is 5.47. The lowest BCUT2D eigenvalue weighted by Gasteiger charge is -2.05. The van der Waals surface area contributed by atoms with Gasteiger partial charge in [0.05, 0.1) is 5.75 Å². The maximum absolute atomic E-state index is 11.7. The average Bonchev–Trinajstić information content (AvgIpc) is 2.79. The highest BCUT2D eigenvalue weighted by molar-refractivity contribution is 7.99. The Kier molecular flexibility index (Phi) is 5.17. The molecule has 6 nitrogen and oxygen atoms in total. The number of hydrogen-bond acceptors (Lipinski definition) is 5. The first kappa shape index (κ1) is 15.8. The van der Waals surface area contributed by atoms with Gasteiger partial charge in [-0.2, -0.15) is 4.98 Å². The summed E-state index contributed by atoms with van der Waals surface area (Å²) in [6.07, 6.45) is 0.991. The maximum Gasteiger partial charge on any atom is 0.253 e. The molecule has 0 atom stereocenters. The summed E-state index contributed by atoms with van der Waals surface area (Å²) in [7, 11) is 0. The molecule has 0 radical (unpaired) electrons. The van der Waals surface area contributed by atoms with Gasteiger partial charge in [0, 0.05) is 17.9 Å². The van der Waals surface area contributed by atoms with Gasteiger partial charge in [-0.1, -0.05) is 25.6 Å². The number of aryl methyl sites for hydroxylation is 2. The van der Waals surface area contributed by atoms with Crippen molar-refractivity contribution in [3.8, 4) is 0 Å². The zero-order valence-electron chi connectivity index (χ0n) is 12.9. The Morgan fingerprint density at radius 1 is 1.38 bits per heavy atom. The van der Waals surface area contributed by atoms with E-state index in [9.17, 15) is 4.79 Å². The summed E-state index contributed by atoms with van der Waals surface area (Å²) in [6.45, 7) is 8.88. The molecule has 2 aromatic rings. The van der Waals surface area contributed by atoms with Gasteiger partial charge in [-0.05, 0) is 32.3 Å². The van der Waals surface area contributed by atoms with E-state index >= 15 is 0 Å². The zero-order valence-corrected chi connectivity index (χ0v) is 13.7. The second kappa shape index (κ2) is 6.89. The Morgan fingerprint density at radius 3 is 2.86 bits per heavy atom. The van der Waals surface area contributed by atoms with Crippen molar-refractivity contribution in [3.63, 3.8) is 0 Å². The van der Waals surface area contributed by atoms with Gasteiger partial charge in [-0.3, -0.25) is 4.79 Å². The molecule has 0 aliphatic carbocycles. The molecule has 2 heterocycles. The van der Waals surface area contributed by atoms with E-state index in [1.807, 2.05) is 19.9 Å². The lowest BCUT2D eigenvalue weighted by Crippen LogP contribution is -2.26.